The van der Waals surface area contributed by atoms with Gasteiger partial charge in [-0.25, -0.2) is 9.48 Å². The zero-order valence-corrected chi connectivity index (χ0v) is 19.9. The number of hydrogen-bond donors (Lipinski definition) is 0. The van der Waals surface area contributed by atoms with Crippen LogP contribution >= 0.6 is 0 Å². The molecule has 0 N–H and O–H groups in total. The quantitative estimate of drug-likeness (QED) is 0.460. The van der Waals surface area contributed by atoms with Gasteiger partial charge in [0.05, 0.1) is 16.7 Å². The van der Waals surface area contributed by atoms with Crippen LogP contribution in [-0.2, 0) is 11.8 Å². The Morgan fingerprint density at radius 1 is 0.939 bits per heavy atom. The average Bonchev–Trinajstić information content (AvgIpc) is 3.35. The summed E-state index contributed by atoms with van der Waals surface area (Å²) in [5.41, 5.74) is 4.80. The number of benzene rings is 2. The highest BCUT2D eigenvalue weighted by molar-refractivity contribution is 5.85. The number of carbonyl (C=O) groups is 1. The fraction of sp³-hybridized carbons (Fsp3) is 0.400. The Kier molecular flexibility index (Phi) is 5.03. The molecule has 0 unspecified atom stereocenters. The van der Waals surface area contributed by atoms with Crippen LogP contribution in [0, 0.1) is 6.92 Å². The monoisotopic (exact) mass is 446 g/mol. The Bertz CT molecular complexity index is 1340. The fourth-order valence-electron chi connectivity index (χ4n) is 4.36. The molecule has 172 valence electrons. The molecule has 3 heterocycles. The first kappa shape index (κ1) is 21.3. The second-order valence-electron chi connectivity index (χ2n) is 9.77. The van der Waals surface area contributed by atoms with Crippen LogP contribution < -0.4 is 4.90 Å². The van der Waals surface area contributed by atoms with Gasteiger partial charge < -0.3 is 14.5 Å². The Morgan fingerprint density at radius 2 is 1.67 bits per heavy atom. The molecular formula is C25H30N6O2. The molecule has 4 aromatic rings. The fourth-order valence-corrected chi connectivity index (χ4v) is 4.36. The van der Waals surface area contributed by atoms with Gasteiger partial charge in [0.15, 0.2) is 0 Å². The third-order valence-electron chi connectivity index (χ3n) is 5.95. The molecule has 0 saturated carbocycles. The van der Waals surface area contributed by atoms with Crippen LogP contribution in [0.3, 0.4) is 0 Å². The van der Waals surface area contributed by atoms with Gasteiger partial charge >= 0.3 is 6.09 Å². The van der Waals surface area contributed by atoms with Crippen LogP contribution in [0.1, 0.15) is 26.3 Å². The summed E-state index contributed by atoms with van der Waals surface area (Å²) in [7, 11) is 1.94. The number of hydrogen-bond acceptors (Lipinski definition) is 5. The van der Waals surface area contributed by atoms with Gasteiger partial charge in [-0.15, -0.1) is 0 Å². The van der Waals surface area contributed by atoms with Crippen LogP contribution in [0.2, 0.25) is 0 Å². The predicted molar refractivity (Wildman–Crippen MR) is 130 cm³/mol. The minimum atomic E-state index is -0.473. The summed E-state index contributed by atoms with van der Waals surface area (Å²) in [5, 5.41) is 11.5. The molecule has 1 aliphatic heterocycles. The maximum atomic E-state index is 12.3. The predicted octanol–water partition coefficient (Wildman–Crippen LogP) is 4.28. The van der Waals surface area contributed by atoms with Gasteiger partial charge in [-0.3, -0.25) is 4.68 Å². The number of aryl methyl sites for hydroxylation is 2. The molecule has 8 nitrogen and oxygen atoms in total. The second-order valence-corrected chi connectivity index (χ2v) is 9.77. The van der Waals surface area contributed by atoms with E-state index in [2.05, 4.69) is 53.5 Å². The van der Waals surface area contributed by atoms with Crippen molar-refractivity contribution in [2.45, 2.75) is 33.3 Å². The van der Waals surface area contributed by atoms with Crippen molar-refractivity contribution >= 4 is 33.6 Å². The van der Waals surface area contributed by atoms with Crippen molar-refractivity contribution in [3.05, 3.63) is 48.3 Å². The van der Waals surface area contributed by atoms with Crippen LogP contribution in [0.5, 0.6) is 0 Å². The van der Waals surface area contributed by atoms with Crippen LogP contribution in [0.25, 0.3) is 27.5 Å². The van der Waals surface area contributed by atoms with E-state index in [1.165, 1.54) is 0 Å². The van der Waals surface area contributed by atoms with Crippen molar-refractivity contribution in [1.29, 1.82) is 0 Å². The van der Waals surface area contributed by atoms with Crippen LogP contribution in [0.4, 0.5) is 10.5 Å². The third kappa shape index (κ3) is 4.25. The summed E-state index contributed by atoms with van der Waals surface area (Å²) in [6, 6.07) is 10.6. The molecule has 2 aromatic carbocycles. The summed E-state index contributed by atoms with van der Waals surface area (Å²) in [5.74, 6) is 0. The number of amides is 1. The summed E-state index contributed by atoms with van der Waals surface area (Å²) in [6.45, 7) is 10.6. The standard InChI is InChI=1S/C25H30N6O2/c1-17-12-21(14-19-15-28(5)27-23(17)19)31-16-18-13-20(6-7-22(18)26-31)29-8-10-30(11-9-29)24(32)33-25(2,3)4/h6-7,12-16H,8-11H2,1-5H3. The zero-order chi connectivity index (χ0) is 23.3. The molecule has 2 aromatic heterocycles. The van der Waals surface area contributed by atoms with Gasteiger partial charge in [0, 0.05) is 62.1 Å². The number of anilines is 1. The topological polar surface area (TPSA) is 68.4 Å². The number of carbonyl (C=O) groups excluding carboxylic acids is 1. The van der Waals surface area contributed by atoms with E-state index in [1.807, 2.05) is 43.4 Å². The Balaban J connectivity index is 1.35. The van der Waals surface area contributed by atoms with E-state index in [0.717, 1.165) is 51.8 Å². The summed E-state index contributed by atoms with van der Waals surface area (Å²) >= 11 is 0. The van der Waals surface area contributed by atoms with E-state index in [-0.39, 0.29) is 6.09 Å². The van der Waals surface area contributed by atoms with Gasteiger partial charge in [-0.05, 0) is 63.6 Å². The largest absolute Gasteiger partial charge is 0.444 e. The number of fused-ring (bicyclic) bond motifs is 2. The van der Waals surface area contributed by atoms with Gasteiger partial charge in [0.2, 0.25) is 0 Å². The van der Waals surface area contributed by atoms with Crippen molar-refractivity contribution in [2.75, 3.05) is 31.1 Å². The minimum Gasteiger partial charge on any atom is -0.444 e. The number of ether oxygens (including phenoxy) is 1. The SMILES string of the molecule is Cc1cc(-n2cc3cc(N4CCN(C(=O)OC(C)(C)C)CC4)ccc3n2)cc2cn(C)nc12. The highest BCUT2D eigenvalue weighted by Gasteiger charge is 2.26. The first-order chi connectivity index (χ1) is 15.7. The molecule has 1 fully saturated rings. The molecule has 0 spiro atoms. The molecule has 1 aliphatic rings. The normalized spacial score (nSPS) is 14.9. The lowest BCUT2D eigenvalue weighted by Gasteiger charge is -2.36. The molecule has 1 saturated heterocycles. The molecule has 8 heteroatoms. The molecule has 0 aliphatic carbocycles. The zero-order valence-electron chi connectivity index (χ0n) is 19.9. The summed E-state index contributed by atoms with van der Waals surface area (Å²) in [6.07, 6.45) is 3.87. The number of rotatable bonds is 2. The lowest BCUT2D eigenvalue weighted by molar-refractivity contribution is 0.0240. The molecular weight excluding hydrogens is 416 g/mol. The van der Waals surface area contributed by atoms with Crippen molar-refractivity contribution in [2.24, 2.45) is 7.05 Å². The first-order valence-electron chi connectivity index (χ1n) is 11.3. The number of nitrogens with zero attached hydrogens (tertiary/aromatic N) is 6. The van der Waals surface area contributed by atoms with Crippen molar-refractivity contribution in [3.63, 3.8) is 0 Å². The van der Waals surface area contributed by atoms with Gasteiger partial charge in [0.1, 0.15) is 5.60 Å². The van der Waals surface area contributed by atoms with Crippen molar-refractivity contribution in [1.82, 2.24) is 24.5 Å². The van der Waals surface area contributed by atoms with Gasteiger partial charge in [-0.2, -0.15) is 10.2 Å². The lowest BCUT2D eigenvalue weighted by atomic mass is 10.1. The molecule has 0 radical (unpaired) electrons. The van der Waals surface area contributed by atoms with Gasteiger partial charge in [0.25, 0.3) is 0 Å². The number of aromatic nitrogens is 4. The molecule has 0 atom stereocenters. The molecule has 33 heavy (non-hydrogen) atoms. The van der Waals surface area contributed by atoms with Gasteiger partial charge in [-0.1, -0.05) is 0 Å². The first-order valence-corrected chi connectivity index (χ1v) is 11.3. The van der Waals surface area contributed by atoms with Crippen LogP contribution in [-0.4, -0.2) is 62.3 Å². The summed E-state index contributed by atoms with van der Waals surface area (Å²) in [4.78, 5) is 16.4. The Labute approximate surface area is 193 Å². The van der Waals surface area contributed by atoms with E-state index < -0.39 is 5.60 Å². The second kappa shape index (κ2) is 7.79. The van der Waals surface area contributed by atoms with Crippen molar-refractivity contribution < 1.29 is 9.53 Å². The average molecular weight is 447 g/mol. The molecule has 5 rings (SSSR count). The van der Waals surface area contributed by atoms with E-state index >= 15 is 0 Å². The van der Waals surface area contributed by atoms with Crippen LogP contribution in [0.15, 0.2) is 42.7 Å². The van der Waals surface area contributed by atoms with E-state index in [4.69, 9.17) is 9.84 Å². The minimum absolute atomic E-state index is 0.236. The van der Waals surface area contributed by atoms with E-state index in [1.54, 1.807) is 4.90 Å². The maximum absolute atomic E-state index is 12.3. The molecule has 0 bridgehead atoms. The highest BCUT2D eigenvalue weighted by Crippen LogP contribution is 2.26. The van der Waals surface area contributed by atoms with E-state index in [9.17, 15) is 4.79 Å². The third-order valence-corrected chi connectivity index (χ3v) is 5.95. The van der Waals surface area contributed by atoms with E-state index in [0.29, 0.717) is 13.1 Å². The lowest BCUT2D eigenvalue weighted by Crippen LogP contribution is -2.50. The summed E-state index contributed by atoms with van der Waals surface area (Å²) < 4.78 is 9.29. The maximum Gasteiger partial charge on any atom is 0.410 e. The molecule has 1 amide bonds. The number of piperazine rings is 1. The smallest absolute Gasteiger partial charge is 0.410 e. The Morgan fingerprint density at radius 3 is 2.39 bits per heavy atom. The highest BCUT2D eigenvalue weighted by atomic mass is 16.6. The Hall–Kier alpha value is -3.55. The van der Waals surface area contributed by atoms with Crippen molar-refractivity contribution in [3.8, 4) is 5.69 Å².